The fourth-order valence-corrected chi connectivity index (χ4v) is 4.08. The Bertz CT molecular complexity index is 510. The van der Waals surface area contributed by atoms with Crippen LogP contribution < -0.4 is 19.9 Å². The molecule has 1 fully saturated rings. The number of quaternary nitrogens is 1. The monoisotopic (exact) mass is 331 g/mol. The summed E-state index contributed by atoms with van der Waals surface area (Å²) >= 11 is 5.07. The summed E-state index contributed by atoms with van der Waals surface area (Å²) in [6.45, 7) is 0.231. The van der Waals surface area contributed by atoms with Gasteiger partial charge in [-0.05, 0) is 12.1 Å². The van der Waals surface area contributed by atoms with E-state index >= 15 is 0 Å². The van der Waals surface area contributed by atoms with E-state index in [9.17, 15) is 9.90 Å². The molecule has 2 atom stereocenters. The van der Waals surface area contributed by atoms with Crippen molar-refractivity contribution in [3.8, 4) is 11.5 Å². The van der Waals surface area contributed by atoms with Gasteiger partial charge in [-0.25, -0.2) is 0 Å². The Morgan fingerprint density at radius 1 is 1.44 bits per heavy atom. The van der Waals surface area contributed by atoms with E-state index in [-0.39, 0.29) is 12.2 Å². The summed E-state index contributed by atoms with van der Waals surface area (Å²) in [5.74, 6) is 0.958. The minimum absolute atomic E-state index is 0.0387. The highest BCUT2D eigenvalue weighted by molar-refractivity contribution is 9.10. The van der Waals surface area contributed by atoms with Gasteiger partial charge in [-0.1, -0.05) is 27.7 Å². The van der Waals surface area contributed by atoms with Crippen LogP contribution in [0.2, 0.25) is 0 Å². The number of carboxylic acid groups (broad SMARTS) is 1. The molecule has 2 N–H and O–H groups in total. The Morgan fingerprint density at radius 2 is 2.17 bits per heavy atom. The van der Waals surface area contributed by atoms with E-state index in [2.05, 4.69) is 15.9 Å². The van der Waals surface area contributed by atoms with Crippen molar-refractivity contribution in [2.45, 2.75) is 11.4 Å². The highest BCUT2D eigenvalue weighted by atomic mass is 79.9. The average molecular weight is 332 g/mol. The number of hydrogen-bond donors (Lipinski definition) is 1. The van der Waals surface area contributed by atoms with Gasteiger partial charge in [-0.3, -0.25) is 0 Å². The Balaban J connectivity index is 1.87. The van der Waals surface area contributed by atoms with Crippen LogP contribution in [-0.4, -0.2) is 24.6 Å². The van der Waals surface area contributed by atoms with Crippen molar-refractivity contribution in [2.75, 3.05) is 12.5 Å². The molecule has 96 valence electrons. The lowest BCUT2D eigenvalue weighted by Gasteiger charge is -2.13. The molecule has 0 radical (unpaired) electrons. The van der Waals surface area contributed by atoms with Crippen molar-refractivity contribution in [3.05, 3.63) is 22.2 Å². The molecule has 0 aromatic heterocycles. The average Bonchev–Trinajstić information content (AvgIpc) is 2.94. The third-order valence-electron chi connectivity index (χ3n) is 2.96. The fraction of sp³-hybridized carbons (Fsp3) is 0.364. The second-order valence-corrected chi connectivity index (χ2v) is 6.13. The van der Waals surface area contributed by atoms with Gasteiger partial charge in [0.15, 0.2) is 16.9 Å². The predicted octanol–water partition coefficient (Wildman–Crippen LogP) is -0.395. The van der Waals surface area contributed by atoms with Crippen LogP contribution in [-0.2, 0) is 4.79 Å². The Morgan fingerprint density at radius 3 is 2.83 bits per heavy atom. The number of benzene rings is 1. The van der Waals surface area contributed by atoms with Crippen molar-refractivity contribution in [2.24, 2.45) is 0 Å². The lowest BCUT2D eigenvalue weighted by Crippen LogP contribution is -2.90. The zero-order valence-electron chi connectivity index (χ0n) is 9.22. The van der Waals surface area contributed by atoms with Crippen molar-refractivity contribution < 1.29 is 24.7 Å². The van der Waals surface area contributed by atoms with Gasteiger partial charge in [0.2, 0.25) is 6.79 Å². The molecule has 2 aliphatic heterocycles. The molecule has 7 heteroatoms. The molecule has 3 rings (SSSR count). The maximum Gasteiger partial charge on any atom is 0.231 e. The van der Waals surface area contributed by atoms with E-state index in [0.717, 1.165) is 10.0 Å². The lowest BCUT2D eigenvalue weighted by molar-refractivity contribution is -0.690. The molecule has 0 bridgehead atoms. The third-order valence-corrected chi connectivity index (χ3v) is 4.97. The van der Waals surface area contributed by atoms with E-state index in [1.54, 1.807) is 11.8 Å². The first-order valence-electron chi connectivity index (χ1n) is 5.41. The van der Waals surface area contributed by atoms with Gasteiger partial charge in [0.05, 0.1) is 5.75 Å². The molecule has 0 amide bonds. The zero-order valence-corrected chi connectivity index (χ0v) is 11.6. The lowest BCUT2D eigenvalue weighted by atomic mass is 10.2. The largest absolute Gasteiger partial charge is 0.544 e. The van der Waals surface area contributed by atoms with Gasteiger partial charge in [-0.15, -0.1) is 0 Å². The number of thioether (sulfide) groups is 1. The maximum absolute atomic E-state index is 10.8. The van der Waals surface area contributed by atoms with Gasteiger partial charge in [-0.2, -0.15) is 0 Å². The quantitative estimate of drug-likeness (QED) is 0.798. The molecule has 1 aromatic carbocycles. The minimum Gasteiger partial charge on any atom is -0.544 e. The summed E-state index contributed by atoms with van der Waals surface area (Å²) < 4.78 is 11.5. The number of rotatable bonds is 2. The molecule has 0 spiro atoms. The summed E-state index contributed by atoms with van der Waals surface area (Å²) in [7, 11) is 0. The van der Waals surface area contributed by atoms with E-state index in [1.165, 1.54) is 0 Å². The van der Waals surface area contributed by atoms with Crippen LogP contribution in [0.5, 0.6) is 11.5 Å². The maximum atomic E-state index is 10.8. The van der Waals surface area contributed by atoms with E-state index in [1.807, 2.05) is 17.4 Å². The molecular weight excluding hydrogens is 322 g/mol. The second-order valence-electron chi connectivity index (χ2n) is 4.10. The Labute approximate surface area is 116 Å². The normalized spacial score (nSPS) is 25.4. The van der Waals surface area contributed by atoms with Crippen LogP contribution in [0.3, 0.4) is 0 Å². The molecule has 2 heterocycles. The highest BCUT2D eigenvalue weighted by Gasteiger charge is 2.33. The molecule has 0 aliphatic carbocycles. The molecule has 0 unspecified atom stereocenters. The summed E-state index contributed by atoms with van der Waals surface area (Å²) in [5, 5.41) is 12.7. The molecule has 5 nitrogen and oxygen atoms in total. The van der Waals surface area contributed by atoms with Gasteiger partial charge in [0.1, 0.15) is 12.0 Å². The van der Waals surface area contributed by atoms with Gasteiger partial charge in [0.25, 0.3) is 0 Å². The van der Waals surface area contributed by atoms with E-state index in [4.69, 9.17) is 9.47 Å². The zero-order chi connectivity index (χ0) is 12.7. The molecule has 1 aromatic rings. The standard InChI is InChI=1S/C11H10BrNO4S/c12-6-2-9-8(16-4-17-9)1-5(6)10-13-7(3-18-10)11(14)15/h1-2,7,10,13H,3-4H2,(H,14,15)/t7-,10-/m0/s1. The fourth-order valence-electron chi connectivity index (χ4n) is 2.02. The molecule has 0 saturated carbocycles. The van der Waals surface area contributed by atoms with Crippen molar-refractivity contribution in [3.63, 3.8) is 0 Å². The first-order valence-corrected chi connectivity index (χ1v) is 7.26. The highest BCUT2D eigenvalue weighted by Crippen LogP contribution is 2.41. The first-order chi connectivity index (χ1) is 8.65. The number of carbonyl (C=O) groups is 1. The van der Waals surface area contributed by atoms with Crippen LogP contribution in [0, 0.1) is 0 Å². The SMILES string of the molecule is O=C([O-])[C@@H]1CS[C@@H](c2cc3c(cc2Br)OCO3)[NH2+]1. The number of ether oxygens (including phenoxy) is 2. The number of aliphatic carboxylic acids is 1. The van der Waals surface area contributed by atoms with Crippen LogP contribution in [0.4, 0.5) is 0 Å². The van der Waals surface area contributed by atoms with Crippen molar-refractivity contribution >= 4 is 33.7 Å². The minimum atomic E-state index is -1.01. The number of nitrogens with two attached hydrogens (primary N) is 1. The van der Waals surface area contributed by atoms with E-state index in [0.29, 0.717) is 17.3 Å². The number of halogens is 1. The molecular formula is C11H10BrNO4S. The number of hydrogen-bond acceptors (Lipinski definition) is 5. The molecule has 1 saturated heterocycles. The first kappa shape index (κ1) is 12.1. The third kappa shape index (κ3) is 2.06. The van der Waals surface area contributed by atoms with Crippen LogP contribution in [0.15, 0.2) is 16.6 Å². The Kier molecular flexibility index (Phi) is 3.13. The van der Waals surface area contributed by atoms with Crippen LogP contribution in [0.1, 0.15) is 10.9 Å². The summed E-state index contributed by atoms with van der Waals surface area (Å²) in [6.07, 6.45) is 0. The van der Waals surface area contributed by atoms with Gasteiger partial charge in [0, 0.05) is 10.0 Å². The summed E-state index contributed by atoms with van der Waals surface area (Å²) in [6, 6.07) is 3.27. The smallest absolute Gasteiger partial charge is 0.231 e. The van der Waals surface area contributed by atoms with Crippen LogP contribution in [0.25, 0.3) is 0 Å². The molecule has 2 aliphatic rings. The van der Waals surface area contributed by atoms with Crippen LogP contribution >= 0.6 is 27.7 Å². The van der Waals surface area contributed by atoms with Gasteiger partial charge >= 0.3 is 0 Å². The summed E-state index contributed by atoms with van der Waals surface area (Å²) in [4.78, 5) is 10.8. The van der Waals surface area contributed by atoms with Crippen molar-refractivity contribution in [1.82, 2.24) is 0 Å². The summed E-state index contributed by atoms with van der Waals surface area (Å²) in [5.41, 5.74) is 1.01. The number of fused-ring (bicyclic) bond motifs is 1. The predicted molar refractivity (Wildman–Crippen MR) is 66.2 cm³/mol. The van der Waals surface area contributed by atoms with Crippen molar-refractivity contribution in [1.29, 1.82) is 0 Å². The number of carboxylic acids is 1. The molecule has 18 heavy (non-hydrogen) atoms. The second kappa shape index (κ2) is 4.64. The van der Waals surface area contributed by atoms with E-state index < -0.39 is 12.0 Å². The Hall–Kier alpha value is -0.920. The number of carbonyl (C=O) groups excluding carboxylic acids is 1. The van der Waals surface area contributed by atoms with Gasteiger partial charge < -0.3 is 24.7 Å². The topological polar surface area (TPSA) is 75.2 Å².